The largest absolute Gasteiger partial charge is 0.373 e. The second-order valence-corrected chi connectivity index (χ2v) is 5.10. The maximum Gasteiger partial charge on any atom is 0.249 e. The second-order valence-electron chi connectivity index (χ2n) is 5.10. The van der Waals surface area contributed by atoms with E-state index in [1.165, 1.54) is 5.56 Å². The number of rotatable bonds is 2. The van der Waals surface area contributed by atoms with E-state index in [1.54, 1.807) is 12.4 Å². The van der Waals surface area contributed by atoms with Crippen LogP contribution < -0.4 is 5.32 Å². The Bertz CT molecular complexity index is 756. The summed E-state index contributed by atoms with van der Waals surface area (Å²) in [7, 11) is 0. The molecule has 0 aliphatic carbocycles. The van der Waals surface area contributed by atoms with Gasteiger partial charge in [0.05, 0.1) is 0 Å². The van der Waals surface area contributed by atoms with Crippen LogP contribution in [0.15, 0.2) is 41.2 Å². The zero-order valence-corrected chi connectivity index (χ0v) is 11.4. The number of hydrogen-bond donors (Lipinski definition) is 1. The SMILES string of the molecule is Cc1cnc(-c2noc(C3Cc4ccccc4N3)n2)nc1. The predicted molar refractivity (Wildman–Crippen MR) is 76.6 cm³/mol. The van der Waals surface area contributed by atoms with Crippen molar-refractivity contribution in [3.8, 4) is 11.6 Å². The van der Waals surface area contributed by atoms with E-state index in [9.17, 15) is 0 Å². The van der Waals surface area contributed by atoms with Gasteiger partial charge in [0.25, 0.3) is 0 Å². The number of fused-ring (bicyclic) bond motifs is 1. The molecule has 0 radical (unpaired) electrons. The summed E-state index contributed by atoms with van der Waals surface area (Å²) in [5.41, 5.74) is 3.37. The first-order valence-electron chi connectivity index (χ1n) is 6.76. The Morgan fingerprint density at radius 1 is 1.14 bits per heavy atom. The first-order chi connectivity index (χ1) is 10.3. The van der Waals surface area contributed by atoms with E-state index in [-0.39, 0.29) is 6.04 Å². The molecule has 1 N–H and O–H groups in total. The summed E-state index contributed by atoms with van der Waals surface area (Å²) in [6.07, 6.45) is 4.32. The van der Waals surface area contributed by atoms with Crippen LogP contribution in [0, 0.1) is 6.92 Å². The molecule has 0 amide bonds. The molecule has 21 heavy (non-hydrogen) atoms. The molecule has 3 heterocycles. The van der Waals surface area contributed by atoms with Gasteiger partial charge in [0.1, 0.15) is 6.04 Å². The molecule has 3 aromatic rings. The van der Waals surface area contributed by atoms with Gasteiger partial charge in [-0.2, -0.15) is 4.98 Å². The number of hydrogen-bond acceptors (Lipinski definition) is 6. The molecule has 0 spiro atoms. The van der Waals surface area contributed by atoms with Crippen molar-refractivity contribution in [2.24, 2.45) is 0 Å². The molecule has 0 fully saturated rings. The number of para-hydroxylation sites is 1. The highest BCUT2D eigenvalue weighted by Crippen LogP contribution is 2.33. The van der Waals surface area contributed by atoms with Gasteiger partial charge in [-0.15, -0.1) is 0 Å². The molecule has 4 rings (SSSR count). The van der Waals surface area contributed by atoms with Crippen LogP contribution in [0.3, 0.4) is 0 Å². The minimum Gasteiger partial charge on any atom is -0.373 e. The first kappa shape index (κ1) is 12.0. The van der Waals surface area contributed by atoms with Gasteiger partial charge in [0, 0.05) is 24.5 Å². The fourth-order valence-corrected chi connectivity index (χ4v) is 2.42. The number of anilines is 1. The zero-order chi connectivity index (χ0) is 14.2. The Morgan fingerprint density at radius 2 is 1.95 bits per heavy atom. The summed E-state index contributed by atoms with van der Waals surface area (Å²) in [6, 6.07) is 8.20. The lowest BCUT2D eigenvalue weighted by atomic mass is 10.1. The van der Waals surface area contributed by atoms with Crippen LogP contribution in [-0.4, -0.2) is 20.1 Å². The summed E-state index contributed by atoms with van der Waals surface area (Å²) in [6.45, 7) is 1.94. The fourth-order valence-electron chi connectivity index (χ4n) is 2.42. The zero-order valence-electron chi connectivity index (χ0n) is 11.4. The molecule has 1 atom stereocenters. The molecule has 104 valence electrons. The maximum absolute atomic E-state index is 5.36. The van der Waals surface area contributed by atoms with E-state index < -0.39 is 0 Å². The third-order valence-corrected chi connectivity index (χ3v) is 3.49. The predicted octanol–water partition coefficient (Wildman–Crippen LogP) is 2.54. The number of aromatic nitrogens is 4. The molecule has 0 bridgehead atoms. The van der Waals surface area contributed by atoms with Gasteiger partial charge in [-0.3, -0.25) is 0 Å². The summed E-state index contributed by atoms with van der Waals surface area (Å²) in [5.74, 6) is 1.46. The number of nitrogens with one attached hydrogen (secondary N) is 1. The van der Waals surface area contributed by atoms with Crippen LogP contribution in [0.4, 0.5) is 5.69 Å². The Kier molecular flexibility index (Phi) is 2.67. The molecular formula is C15H13N5O. The van der Waals surface area contributed by atoms with E-state index in [4.69, 9.17) is 4.52 Å². The van der Waals surface area contributed by atoms with Gasteiger partial charge in [-0.05, 0) is 24.1 Å². The third kappa shape index (κ3) is 2.14. The van der Waals surface area contributed by atoms with Crippen LogP contribution >= 0.6 is 0 Å². The lowest BCUT2D eigenvalue weighted by Crippen LogP contribution is -2.06. The molecule has 0 saturated carbocycles. The van der Waals surface area contributed by atoms with E-state index in [0.717, 1.165) is 17.7 Å². The smallest absolute Gasteiger partial charge is 0.249 e. The highest BCUT2D eigenvalue weighted by Gasteiger charge is 2.27. The number of benzene rings is 1. The second kappa shape index (κ2) is 4.66. The van der Waals surface area contributed by atoms with Gasteiger partial charge < -0.3 is 9.84 Å². The van der Waals surface area contributed by atoms with E-state index in [1.807, 2.05) is 19.1 Å². The molecule has 1 aromatic carbocycles. The molecular weight excluding hydrogens is 266 g/mol. The molecule has 2 aromatic heterocycles. The normalized spacial score (nSPS) is 16.5. The maximum atomic E-state index is 5.36. The van der Waals surface area contributed by atoms with Gasteiger partial charge in [0.15, 0.2) is 0 Å². The highest BCUT2D eigenvalue weighted by atomic mass is 16.5. The van der Waals surface area contributed by atoms with Crippen LogP contribution in [0.1, 0.15) is 23.1 Å². The standard InChI is InChI=1S/C15H13N5O/c1-9-7-16-13(17-8-9)14-19-15(21-20-14)12-6-10-4-2-3-5-11(10)18-12/h2-5,7-8,12,18H,6H2,1H3. The topological polar surface area (TPSA) is 76.7 Å². The van der Waals surface area contributed by atoms with Crippen LogP contribution in [0.2, 0.25) is 0 Å². The average molecular weight is 279 g/mol. The van der Waals surface area contributed by atoms with Crippen molar-refractivity contribution in [1.29, 1.82) is 0 Å². The molecule has 1 aliphatic heterocycles. The highest BCUT2D eigenvalue weighted by molar-refractivity contribution is 5.57. The summed E-state index contributed by atoms with van der Waals surface area (Å²) < 4.78 is 5.36. The molecule has 6 heteroatoms. The quantitative estimate of drug-likeness (QED) is 0.776. The Labute approximate surface area is 121 Å². The summed E-state index contributed by atoms with van der Waals surface area (Å²) in [4.78, 5) is 12.8. The van der Waals surface area contributed by atoms with Gasteiger partial charge in [-0.25, -0.2) is 9.97 Å². The first-order valence-corrected chi connectivity index (χ1v) is 6.76. The average Bonchev–Trinajstić information content (AvgIpc) is 3.14. The van der Waals surface area contributed by atoms with Gasteiger partial charge in [0.2, 0.25) is 17.5 Å². The van der Waals surface area contributed by atoms with E-state index >= 15 is 0 Å². The van der Waals surface area contributed by atoms with Crippen molar-refractivity contribution in [2.75, 3.05) is 5.32 Å². The minimum absolute atomic E-state index is 0.00842. The third-order valence-electron chi connectivity index (χ3n) is 3.49. The molecule has 1 aliphatic rings. The van der Waals surface area contributed by atoms with Crippen LogP contribution in [0.5, 0.6) is 0 Å². The lowest BCUT2D eigenvalue weighted by molar-refractivity contribution is 0.364. The number of aryl methyl sites for hydroxylation is 1. The number of nitrogens with zero attached hydrogens (tertiary/aromatic N) is 4. The molecule has 0 saturated heterocycles. The Hall–Kier alpha value is -2.76. The van der Waals surface area contributed by atoms with Crippen molar-refractivity contribution in [3.05, 3.63) is 53.7 Å². The Balaban J connectivity index is 1.60. The van der Waals surface area contributed by atoms with Gasteiger partial charge in [-0.1, -0.05) is 23.4 Å². The molecule has 1 unspecified atom stereocenters. The lowest BCUT2D eigenvalue weighted by Gasteiger charge is -2.04. The minimum atomic E-state index is 0.00842. The van der Waals surface area contributed by atoms with Crippen molar-refractivity contribution < 1.29 is 4.52 Å². The summed E-state index contributed by atoms with van der Waals surface area (Å²) >= 11 is 0. The monoisotopic (exact) mass is 279 g/mol. The Morgan fingerprint density at radius 3 is 2.76 bits per heavy atom. The fraction of sp³-hybridized carbons (Fsp3) is 0.200. The van der Waals surface area contributed by atoms with Gasteiger partial charge >= 0.3 is 0 Å². The van der Waals surface area contributed by atoms with E-state index in [2.05, 4.69) is 37.6 Å². The molecule has 6 nitrogen and oxygen atoms in total. The van der Waals surface area contributed by atoms with Crippen molar-refractivity contribution >= 4 is 5.69 Å². The van der Waals surface area contributed by atoms with E-state index in [0.29, 0.717) is 17.5 Å². The van der Waals surface area contributed by atoms with Crippen LogP contribution in [0.25, 0.3) is 11.6 Å². The van der Waals surface area contributed by atoms with Crippen LogP contribution in [-0.2, 0) is 6.42 Å². The summed E-state index contributed by atoms with van der Waals surface area (Å²) in [5, 5.41) is 7.36. The van der Waals surface area contributed by atoms with Crippen molar-refractivity contribution in [1.82, 2.24) is 20.1 Å². The van der Waals surface area contributed by atoms with Crippen molar-refractivity contribution in [3.63, 3.8) is 0 Å². The van der Waals surface area contributed by atoms with Crippen molar-refractivity contribution in [2.45, 2.75) is 19.4 Å².